The van der Waals surface area contributed by atoms with E-state index in [1.54, 1.807) is 0 Å². The van der Waals surface area contributed by atoms with Crippen LogP contribution in [0.5, 0.6) is 0 Å². The smallest absolute Gasteiger partial charge is 0.138 e. The molecule has 0 saturated heterocycles. The first-order valence-electron chi connectivity index (χ1n) is 5.75. The second-order valence-corrected chi connectivity index (χ2v) is 5.93. The molecule has 3 heteroatoms. The zero-order valence-electron chi connectivity index (χ0n) is 11.2. The SMILES string of the molecule is CC(C)(c1ccccc1)C(C(=O)[O-])[N+](C)(C)C. The Morgan fingerprint density at radius 3 is 2.00 bits per heavy atom. The monoisotopic (exact) mass is 235 g/mol. The highest BCUT2D eigenvalue weighted by Gasteiger charge is 2.41. The van der Waals surface area contributed by atoms with Crippen molar-refractivity contribution in [1.82, 2.24) is 0 Å². The molecule has 0 aliphatic heterocycles. The van der Waals surface area contributed by atoms with Gasteiger partial charge in [-0.3, -0.25) is 0 Å². The fourth-order valence-corrected chi connectivity index (χ4v) is 2.60. The number of likely N-dealkylation sites (N-methyl/N-ethyl adjacent to an activating group) is 1. The van der Waals surface area contributed by atoms with Crippen LogP contribution < -0.4 is 5.11 Å². The van der Waals surface area contributed by atoms with Crippen molar-refractivity contribution in [3.63, 3.8) is 0 Å². The van der Waals surface area contributed by atoms with Gasteiger partial charge in [0.25, 0.3) is 0 Å². The standard InChI is InChI=1S/C14H21NO2/c1-14(2,11-9-7-6-8-10-11)12(13(16)17)15(3,4)5/h6-10,12H,1-5H3. The van der Waals surface area contributed by atoms with Gasteiger partial charge in [-0.1, -0.05) is 30.3 Å². The molecule has 0 amide bonds. The van der Waals surface area contributed by atoms with E-state index in [4.69, 9.17) is 0 Å². The molecule has 1 atom stereocenters. The molecule has 1 rings (SSSR count). The van der Waals surface area contributed by atoms with E-state index in [9.17, 15) is 9.90 Å². The summed E-state index contributed by atoms with van der Waals surface area (Å²) in [7, 11) is 5.64. The Hall–Kier alpha value is -1.35. The predicted molar refractivity (Wildman–Crippen MR) is 66.3 cm³/mol. The molecule has 0 aliphatic carbocycles. The Bertz CT molecular complexity index is 390. The van der Waals surface area contributed by atoms with Crippen molar-refractivity contribution in [2.75, 3.05) is 21.1 Å². The van der Waals surface area contributed by atoms with Crippen molar-refractivity contribution in [2.24, 2.45) is 0 Å². The van der Waals surface area contributed by atoms with Gasteiger partial charge in [0, 0.05) is 5.41 Å². The predicted octanol–water partition coefficient (Wildman–Crippen LogP) is 0.789. The van der Waals surface area contributed by atoms with E-state index in [1.165, 1.54) is 0 Å². The number of carbonyl (C=O) groups excluding carboxylic acids is 1. The number of carboxylic acids is 1. The third-order valence-corrected chi connectivity index (χ3v) is 3.20. The first kappa shape index (κ1) is 13.7. The van der Waals surface area contributed by atoms with E-state index in [1.807, 2.05) is 65.3 Å². The third-order valence-electron chi connectivity index (χ3n) is 3.20. The quantitative estimate of drug-likeness (QED) is 0.724. The Morgan fingerprint density at radius 1 is 1.18 bits per heavy atom. The number of quaternary nitrogens is 1. The maximum atomic E-state index is 11.4. The van der Waals surface area contributed by atoms with Crippen molar-refractivity contribution in [1.29, 1.82) is 0 Å². The van der Waals surface area contributed by atoms with Crippen LogP contribution in [0.3, 0.4) is 0 Å². The second-order valence-electron chi connectivity index (χ2n) is 5.93. The third kappa shape index (κ3) is 2.86. The van der Waals surface area contributed by atoms with Gasteiger partial charge < -0.3 is 14.4 Å². The van der Waals surface area contributed by atoms with Gasteiger partial charge in [0.15, 0.2) is 0 Å². The van der Waals surface area contributed by atoms with Crippen molar-refractivity contribution in [2.45, 2.75) is 25.3 Å². The fraction of sp³-hybridized carbons (Fsp3) is 0.500. The maximum absolute atomic E-state index is 11.4. The average molecular weight is 235 g/mol. The molecule has 0 heterocycles. The summed E-state index contributed by atoms with van der Waals surface area (Å²) < 4.78 is 0.338. The Morgan fingerprint density at radius 2 is 1.65 bits per heavy atom. The minimum atomic E-state index is -1.01. The highest BCUT2D eigenvalue weighted by molar-refractivity contribution is 5.72. The van der Waals surface area contributed by atoms with Gasteiger partial charge in [0.2, 0.25) is 0 Å². The maximum Gasteiger partial charge on any atom is 0.138 e. The molecule has 3 nitrogen and oxygen atoms in total. The summed E-state index contributed by atoms with van der Waals surface area (Å²) in [5.74, 6) is -1.01. The minimum Gasteiger partial charge on any atom is -0.544 e. The lowest BCUT2D eigenvalue weighted by atomic mass is 9.76. The van der Waals surface area contributed by atoms with E-state index in [0.717, 1.165) is 5.56 Å². The minimum absolute atomic E-state index is 0.338. The largest absolute Gasteiger partial charge is 0.544 e. The van der Waals surface area contributed by atoms with E-state index >= 15 is 0 Å². The molecular formula is C14H21NO2. The number of aliphatic carboxylic acids is 1. The number of carboxylic acid groups (broad SMARTS) is 1. The summed E-state index contributed by atoms with van der Waals surface area (Å²) in [4.78, 5) is 11.4. The van der Waals surface area contributed by atoms with Crippen molar-refractivity contribution in [3.05, 3.63) is 35.9 Å². The molecule has 0 N–H and O–H groups in total. The molecule has 0 bridgehead atoms. The Kier molecular flexibility index (Phi) is 3.62. The number of benzene rings is 1. The average Bonchev–Trinajstić information content (AvgIpc) is 2.15. The molecule has 0 saturated carbocycles. The van der Waals surface area contributed by atoms with Crippen LogP contribution >= 0.6 is 0 Å². The van der Waals surface area contributed by atoms with Gasteiger partial charge in [-0.2, -0.15) is 0 Å². The first-order valence-corrected chi connectivity index (χ1v) is 5.75. The molecule has 0 aliphatic rings. The number of hydrogen-bond donors (Lipinski definition) is 0. The molecule has 0 spiro atoms. The molecular weight excluding hydrogens is 214 g/mol. The second kappa shape index (κ2) is 4.49. The molecule has 0 fully saturated rings. The number of hydrogen-bond acceptors (Lipinski definition) is 2. The zero-order chi connectivity index (χ0) is 13.3. The molecule has 0 aromatic heterocycles. The van der Waals surface area contributed by atoms with E-state index in [-0.39, 0.29) is 0 Å². The highest BCUT2D eigenvalue weighted by atomic mass is 16.4. The van der Waals surface area contributed by atoms with E-state index < -0.39 is 17.4 Å². The van der Waals surface area contributed by atoms with Crippen molar-refractivity contribution in [3.8, 4) is 0 Å². The van der Waals surface area contributed by atoms with Gasteiger partial charge in [-0.15, -0.1) is 0 Å². The number of nitrogens with zero attached hydrogens (tertiary/aromatic N) is 1. The van der Waals surface area contributed by atoms with Gasteiger partial charge in [0.05, 0.1) is 21.1 Å². The van der Waals surface area contributed by atoms with E-state index in [2.05, 4.69) is 0 Å². The summed E-state index contributed by atoms with van der Waals surface area (Å²) in [6.07, 6.45) is 0. The highest BCUT2D eigenvalue weighted by Crippen LogP contribution is 2.31. The molecule has 0 radical (unpaired) electrons. The van der Waals surface area contributed by atoms with E-state index in [0.29, 0.717) is 4.48 Å². The molecule has 17 heavy (non-hydrogen) atoms. The van der Waals surface area contributed by atoms with Gasteiger partial charge in [0.1, 0.15) is 12.0 Å². The summed E-state index contributed by atoms with van der Waals surface area (Å²) in [6.45, 7) is 3.90. The van der Waals surface area contributed by atoms with Crippen LogP contribution in [0.2, 0.25) is 0 Å². The lowest BCUT2D eigenvalue weighted by Gasteiger charge is -2.44. The molecule has 1 aromatic rings. The van der Waals surface area contributed by atoms with Gasteiger partial charge >= 0.3 is 0 Å². The van der Waals surface area contributed by atoms with Crippen LogP contribution in [0.1, 0.15) is 19.4 Å². The summed E-state index contributed by atoms with van der Waals surface area (Å²) in [6, 6.07) is 9.12. The summed E-state index contributed by atoms with van der Waals surface area (Å²) in [5, 5.41) is 11.4. The number of carbonyl (C=O) groups is 1. The van der Waals surface area contributed by atoms with Crippen molar-refractivity contribution >= 4 is 5.97 Å². The zero-order valence-corrected chi connectivity index (χ0v) is 11.2. The van der Waals surface area contributed by atoms with Gasteiger partial charge in [-0.25, -0.2) is 0 Å². The lowest BCUT2D eigenvalue weighted by Crippen LogP contribution is -2.62. The lowest BCUT2D eigenvalue weighted by molar-refractivity contribution is -0.894. The van der Waals surface area contributed by atoms with Crippen LogP contribution in [0.15, 0.2) is 30.3 Å². The Balaban J connectivity index is 3.23. The van der Waals surface area contributed by atoms with Crippen LogP contribution in [-0.4, -0.2) is 37.6 Å². The molecule has 94 valence electrons. The molecule has 1 unspecified atom stereocenters. The molecule has 1 aromatic carbocycles. The Labute approximate surface area is 103 Å². The van der Waals surface area contributed by atoms with Crippen LogP contribution in [0.4, 0.5) is 0 Å². The van der Waals surface area contributed by atoms with Crippen molar-refractivity contribution < 1.29 is 14.4 Å². The van der Waals surface area contributed by atoms with Crippen LogP contribution in [0, 0.1) is 0 Å². The number of rotatable bonds is 4. The normalized spacial score (nSPS) is 14.4. The van der Waals surface area contributed by atoms with Crippen LogP contribution in [0.25, 0.3) is 0 Å². The summed E-state index contributed by atoms with van der Waals surface area (Å²) in [5.41, 5.74) is 0.542. The topological polar surface area (TPSA) is 40.1 Å². The van der Waals surface area contributed by atoms with Gasteiger partial charge in [-0.05, 0) is 19.4 Å². The fourth-order valence-electron chi connectivity index (χ4n) is 2.60. The summed E-state index contributed by atoms with van der Waals surface area (Å²) >= 11 is 0. The van der Waals surface area contributed by atoms with Crippen LogP contribution in [-0.2, 0) is 10.2 Å². The first-order chi connectivity index (χ1) is 7.67.